The van der Waals surface area contributed by atoms with Crippen LogP contribution in [0, 0.1) is 25.7 Å². The molecule has 2 unspecified atom stereocenters. The van der Waals surface area contributed by atoms with Gasteiger partial charge in [0.15, 0.2) is 5.13 Å². The number of carbonyl (C=O) groups is 3. The highest BCUT2D eigenvalue weighted by molar-refractivity contribution is 7.15. The number of carbonyl (C=O) groups excluding carboxylic acids is 3. The predicted molar refractivity (Wildman–Crippen MR) is 104 cm³/mol. The van der Waals surface area contributed by atoms with Gasteiger partial charge < -0.3 is 0 Å². The van der Waals surface area contributed by atoms with Crippen molar-refractivity contribution < 1.29 is 14.4 Å². The lowest BCUT2D eigenvalue weighted by molar-refractivity contribution is -0.122. The zero-order valence-corrected chi connectivity index (χ0v) is 15.9. The van der Waals surface area contributed by atoms with E-state index in [-0.39, 0.29) is 29.6 Å². The number of aromatic nitrogens is 1. The number of thiazole rings is 1. The molecule has 2 aliphatic rings. The minimum absolute atomic E-state index is 0.153. The molecule has 1 aromatic heterocycles. The van der Waals surface area contributed by atoms with Crippen molar-refractivity contribution in [3.05, 3.63) is 52.6 Å². The van der Waals surface area contributed by atoms with Crippen LogP contribution in [0.25, 0.3) is 0 Å². The number of hydrogen-bond donors (Lipinski definition) is 1. The molecule has 0 spiro atoms. The van der Waals surface area contributed by atoms with Gasteiger partial charge in [-0.15, -0.1) is 11.3 Å². The van der Waals surface area contributed by atoms with E-state index >= 15 is 0 Å². The minimum Gasteiger partial charge on any atom is -0.298 e. The topological polar surface area (TPSA) is 79.4 Å². The number of anilines is 2. The van der Waals surface area contributed by atoms with Crippen LogP contribution >= 0.6 is 11.3 Å². The first kappa shape index (κ1) is 17.6. The summed E-state index contributed by atoms with van der Waals surface area (Å²) >= 11 is 1.43. The fraction of sp³-hybridized carbons (Fsp3) is 0.300. The Hall–Kier alpha value is -2.80. The SMILES string of the molecule is Cc1nc(NC(=O)c2ccc(N3C(=O)C4CC=CCC4C3=O)cc2)sc1C. The van der Waals surface area contributed by atoms with Crippen molar-refractivity contribution in [3.8, 4) is 0 Å². The maximum atomic E-state index is 12.6. The van der Waals surface area contributed by atoms with E-state index in [1.807, 2.05) is 26.0 Å². The standard InChI is InChI=1S/C20H19N3O3S/c1-11-12(2)27-20(21-11)22-17(24)13-7-9-14(10-8-13)23-18(25)15-5-3-4-6-16(15)19(23)26/h3-4,7-10,15-16H,5-6H2,1-2H3,(H,21,22,24). The van der Waals surface area contributed by atoms with Gasteiger partial charge >= 0.3 is 0 Å². The van der Waals surface area contributed by atoms with Gasteiger partial charge in [-0.05, 0) is 51.0 Å². The summed E-state index contributed by atoms with van der Waals surface area (Å²) in [6, 6.07) is 6.54. The van der Waals surface area contributed by atoms with Crippen molar-refractivity contribution in [1.82, 2.24) is 4.98 Å². The molecule has 1 aliphatic heterocycles. The Bertz CT molecular complexity index is 916. The number of hydrogen-bond acceptors (Lipinski definition) is 5. The highest BCUT2D eigenvalue weighted by Gasteiger charge is 2.47. The largest absolute Gasteiger partial charge is 0.298 e. The molecule has 1 aliphatic carbocycles. The van der Waals surface area contributed by atoms with E-state index in [9.17, 15) is 14.4 Å². The van der Waals surface area contributed by atoms with Crippen molar-refractivity contribution >= 4 is 39.9 Å². The molecule has 1 aromatic carbocycles. The van der Waals surface area contributed by atoms with Gasteiger partial charge in [0.05, 0.1) is 23.2 Å². The number of benzene rings is 1. The monoisotopic (exact) mass is 381 g/mol. The molecule has 2 atom stereocenters. The molecule has 0 saturated carbocycles. The number of imide groups is 1. The first-order chi connectivity index (χ1) is 13.0. The van der Waals surface area contributed by atoms with Crippen molar-refractivity contribution in [2.45, 2.75) is 26.7 Å². The first-order valence-electron chi connectivity index (χ1n) is 8.84. The van der Waals surface area contributed by atoms with Gasteiger partial charge in [-0.3, -0.25) is 24.6 Å². The van der Waals surface area contributed by atoms with E-state index in [0.29, 0.717) is 29.2 Å². The van der Waals surface area contributed by atoms with E-state index < -0.39 is 0 Å². The van der Waals surface area contributed by atoms with Crippen LogP contribution in [-0.4, -0.2) is 22.7 Å². The third-order valence-electron chi connectivity index (χ3n) is 5.14. The van der Waals surface area contributed by atoms with E-state index in [4.69, 9.17) is 0 Å². The Kier molecular flexibility index (Phi) is 4.39. The Morgan fingerprint density at radius 1 is 1.07 bits per heavy atom. The molecule has 1 saturated heterocycles. The zero-order chi connectivity index (χ0) is 19.1. The van der Waals surface area contributed by atoms with Gasteiger partial charge in [0, 0.05) is 10.4 Å². The van der Waals surface area contributed by atoms with Crippen molar-refractivity contribution in [2.75, 3.05) is 10.2 Å². The molecule has 1 fully saturated rings. The average Bonchev–Trinajstić information content (AvgIpc) is 3.11. The number of fused-ring (bicyclic) bond motifs is 1. The summed E-state index contributed by atoms with van der Waals surface area (Å²) in [5.74, 6) is -1.10. The lowest BCUT2D eigenvalue weighted by atomic mass is 9.85. The van der Waals surface area contributed by atoms with E-state index in [2.05, 4.69) is 10.3 Å². The Morgan fingerprint density at radius 2 is 1.67 bits per heavy atom. The molecular weight excluding hydrogens is 362 g/mol. The van der Waals surface area contributed by atoms with E-state index in [0.717, 1.165) is 10.6 Å². The highest BCUT2D eigenvalue weighted by Crippen LogP contribution is 2.37. The number of nitrogens with one attached hydrogen (secondary N) is 1. The molecule has 138 valence electrons. The highest BCUT2D eigenvalue weighted by atomic mass is 32.1. The maximum absolute atomic E-state index is 12.6. The molecule has 27 heavy (non-hydrogen) atoms. The quantitative estimate of drug-likeness (QED) is 0.652. The van der Waals surface area contributed by atoms with Gasteiger partial charge in [0.1, 0.15) is 0 Å². The second-order valence-corrected chi connectivity index (χ2v) is 8.03. The van der Waals surface area contributed by atoms with Gasteiger partial charge in [-0.25, -0.2) is 4.98 Å². The van der Waals surface area contributed by atoms with Gasteiger partial charge in [-0.1, -0.05) is 12.2 Å². The van der Waals surface area contributed by atoms with Crippen molar-refractivity contribution in [1.29, 1.82) is 0 Å². The third kappa shape index (κ3) is 3.08. The van der Waals surface area contributed by atoms with Crippen LogP contribution in [0.3, 0.4) is 0 Å². The summed E-state index contributed by atoms with van der Waals surface area (Å²) in [6.45, 7) is 3.85. The van der Waals surface area contributed by atoms with Crippen LogP contribution in [0.4, 0.5) is 10.8 Å². The first-order valence-corrected chi connectivity index (χ1v) is 9.65. The predicted octanol–water partition coefficient (Wildman–Crippen LogP) is 3.47. The summed E-state index contributed by atoms with van der Waals surface area (Å²) in [5, 5.41) is 3.34. The van der Waals surface area contributed by atoms with E-state index in [1.54, 1.807) is 24.3 Å². The third-order valence-corrected chi connectivity index (χ3v) is 6.13. The Balaban J connectivity index is 1.51. The van der Waals surface area contributed by atoms with Crippen molar-refractivity contribution in [2.24, 2.45) is 11.8 Å². The molecule has 2 aromatic rings. The lowest BCUT2D eigenvalue weighted by Crippen LogP contribution is -2.30. The van der Waals surface area contributed by atoms with E-state index in [1.165, 1.54) is 16.2 Å². The fourth-order valence-corrected chi connectivity index (χ4v) is 4.32. The second-order valence-electron chi connectivity index (χ2n) is 6.83. The maximum Gasteiger partial charge on any atom is 0.257 e. The molecule has 0 radical (unpaired) electrons. The smallest absolute Gasteiger partial charge is 0.257 e. The van der Waals surface area contributed by atoms with Gasteiger partial charge in [-0.2, -0.15) is 0 Å². The number of allylic oxidation sites excluding steroid dienone is 2. The molecule has 4 rings (SSSR count). The molecule has 7 heteroatoms. The number of nitrogens with zero attached hydrogens (tertiary/aromatic N) is 2. The molecular formula is C20H19N3O3S. The van der Waals surface area contributed by atoms with Crippen LogP contribution in [0.2, 0.25) is 0 Å². The molecule has 6 nitrogen and oxygen atoms in total. The average molecular weight is 381 g/mol. The van der Waals surface area contributed by atoms with Crippen LogP contribution in [0.5, 0.6) is 0 Å². The molecule has 2 heterocycles. The zero-order valence-electron chi connectivity index (χ0n) is 15.1. The van der Waals surface area contributed by atoms with Crippen LogP contribution in [-0.2, 0) is 9.59 Å². The molecule has 1 N–H and O–H groups in total. The molecule has 3 amide bonds. The fourth-order valence-electron chi connectivity index (χ4n) is 3.51. The minimum atomic E-state index is -0.271. The summed E-state index contributed by atoms with van der Waals surface area (Å²) in [7, 11) is 0. The summed E-state index contributed by atoms with van der Waals surface area (Å²) in [6.07, 6.45) is 5.15. The summed E-state index contributed by atoms with van der Waals surface area (Å²) < 4.78 is 0. The van der Waals surface area contributed by atoms with Gasteiger partial charge in [0.25, 0.3) is 5.91 Å². The lowest BCUT2D eigenvalue weighted by Gasteiger charge is -2.15. The summed E-state index contributed by atoms with van der Waals surface area (Å²) in [5.41, 5.74) is 1.85. The van der Waals surface area contributed by atoms with Crippen LogP contribution < -0.4 is 10.2 Å². The molecule has 0 bridgehead atoms. The van der Waals surface area contributed by atoms with Gasteiger partial charge in [0.2, 0.25) is 11.8 Å². The Morgan fingerprint density at radius 3 is 2.19 bits per heavy atom. The van der Waals surface area contributed by atoms with Crippen LogP contribution in [0.1, 0.15) is 33.8 Å². The Labute approximate surface area is 160 Å². The van der Waals surface area contributed by atoms with Crippen LogP contribution in [0.15, 0.2) is 36.4 Å². The van der Waals surface area contributed by atoms with Crippen molar-refractivity contribution in [3.63, 3.8) is 0 Å². The second kappa shape index (κ2) is 6.74. The number of rotatable bonds is 3. The number of aryl methyl sites for hydroxylation is 2. The summed E-state index contributed by atoms with van der Waals surface area (Å²) in [4.78, 5) is 44.3. The normalized spacial score (nSPS) is 21.5. The number of amides is 3.